The number of anilines is 1. The van der Waals surface area contributed by atoms with Gasteiger partial charge in [0, 0.05) is 6.20 Å². The Balaban J connectivity index is 1.96. The standard InChI is InChI=1S/C22H30N2/c1-6-22(5)13-12-19(14-20(22)16(2)3)17(4)8-7-9-18-10-11-21(23)24-15-18/h6-7,9-11,15,19-20H,1-2,4,8,12-14H2,3,5H3,(H2,23,24)/b9-7+/t19-,20+,22-/m1/s1. The zero-order valence-corrected chi connectivity index (χ0v) is 15.1. The number of hydrogen-bond donors (Lipinski definition) is 1. The minimum absolute atomic E-state index is 0.175. The molecular weight excluding hydrogens is 292 g/mol. The number of nitrogen functional groups attached to an aromatic ring is 1. The maximum atomic E-state index is 5.61. The van der Waals surface area contributed by atoms with E-state index in [0.717, 1.165) is 24.8 Å². The maximum Gasteiger partial charge on any atom is 0.123 e. The molecule has 1 aromatic rings. The average molecular weight is 322 g/mol. The van der Waals surface area contributed by atoms with Crippen LogP contribution in [-0.4, -0.2) is 4.98 Å². The summed E-state index contributed by atoms with van der Waals surface area (Å²) in [6.45, 7) is 17.1. The van der Waals surface area contributed by atoms with Gasteiger partial charge in [-0.25, -0.2) is 4.98 Å². The quantitative estimate of drug-likeness (QED) is 0.671. The molecule has 1 fully saturated rings. The summed E-state index contributed by atoms with van der Waals surface area (Å²) in [6.07, 6.45) is 12.6. The Morgan fingerprint density at radius 1 is 1.42 bits per heavy atom. The minimum atomic E-state index is 0.175. The van der Waals surface area contributed by atoms with Crippen LogP contribution in [-0.2, 0) is 0 Å². The van der Waals surface area contributed by atoms with Crippen LogP contribution in [0.4, 0.5) is 5.82 Å². The SMILES string of the molecule is C=C[C@]1(C)CC[C@@H](C(=C)C/C=C/c2ccc(N)nc2)C[C@H]1C(=C)C. The highest BCUT2D eigenvalue weighted by Gasteiger charge is 2.38. The molecule has 3 atom stereocenters. The van der Waals surface area contributed by atoms with E-state index in [9.17, 15) is 0 Å². The number of pyridine rings is 1. The number of hydrogen-bond acceptors (Lipinski definition) is 2. The smallest absolute Gasteiger partial charge is 0.123 e. The van der Waals surface area contributed by atoms with Gasteiger partial charge in [0.25, 0.3) is 0 Å². The topological polar surface area (TPSA) is 38.9 Å². The van der Waals surface area contributed by atoms with Gasteiger partial charge in [0.05, 0.1) is 0 Å². The summed E-state index contributed by atoms with van der Waals surface area (Å²) in [7, 11) is 0. The molecule has 0 aromatic carbocycles. The largest absolute Gasteiger partial charge is 0.384 e. The Bertz CT molecular complexity index is 638. The molecule has 1 aliphatic rings. The van der Waals surface area contributed by atoms with E-state index in [1.165, 1.54) is 17.6 Å². The first-order chi connectivity index (χ1) is 11.4. The second kappa shape index (κ2) is 7.65. The molecule has 1 saturated carbocycles. The summed E-state index contributed by atoms with van der Waals surface area (Å²) in [5.41, 5.74) is 9.43. The lowest BCUT2D eigenvalue weighted by molar-refractivity contribution is 0.169. The van der Waals surface area contributed by atoms with E-state index in [0.29, 0.717) is 17.7 Å². The lowest BCUT2D eigenvalue weighted by Gasteiger charge is -2.43. The van der Waals surface area contributed by atoms with Gasteiger partial charge in [-0.3, -0.25) is 0 Å². The molecule has 2 nitrogen and oxygen atoms in total. The van der Waals surface area contributed by atoms with Gasteiger partial charge in [-0.1, -0.05) is 49.5 Å². The molecule has 0 bridgehead atoms. The summed E-state index contributed by atoms with van der Waals surface area (Å²) in [5, 5.41) is 0. The van der Waals surface area contributed by atoms with Crippen molar-refractivity contribution in [3.63, 3.8) is 0 Å². The molecule has 0 radical (unpaired) electrons. The molecule has 0 unspecified atom stereocenters. The molecule has 1 aromatic heterocycles. The van der Waals surface area contributed by atoms with Crippen molar-refractivity contribution in [2.24, 2.45) is 17.3 Å². The van der Waals surface area contributed by atoms with Gasteiger partial charge in [-0.2, -0.15) is 0 Å². The van der Waals surface area contributed by atoms with Crippen LogP contribution >= 0.6 is 0 Å². The van der Waals surface area contributed by atoms with Crippen molar-refractivity contribution in [2.75, 3.05) is 5.73 Å². The van der Waals surface area contributed by atoms with Crippen molar-refractivity contribution >= 4 is 11.9 Å². The Hall–Kier alpha value is -2.09. The van der Waals surface area contributed by atoms with Crippen LogP contribution in [0.3, 0.4) is 0 Å². The van der Waals surface area contributed by atoms with E-state index < -0.39 is 0 Å². The predicted octanol–water partition coefficient (Wildman–Crippen LogP) is 5.81. The molecule has 2 N–H and O–H groups in total. The van der Waals surface area contributed by atoms with Crippen LogP contribution < -0.4 is 5.73 Å². The first-order valence-corrected chi connectivity index (χ1v) is 8.70. The summed E-state index contributed by atoms with van der Waals surface area (Å²) in [6, 6.07) is 3.80. The molecule has 2 rings (SSSR count). The highest BCUT2D eigenvalue weighted by Crippen LogP contribution is 2.49. The first kappa shape index (κ1) is 18.3. The van der Waals surface area contributed by atoms with E-state index >= 15 is 0 Å². The van der Waals surface area contributed by atoms with E-state index in [4.69, 9.17) is 5.73 Å². The Labute approximate surface area is 146 Å². The van der Waals surface area contributed by atoms with Crippen molar-refractivity contribution < 1.29 is 0 Å². The number of nitrogens with zero attached hydrogens (tertiary/aromatic N) is 1. The van der Waals surface area contributed by atoms with Crippen LogP contribution in [0.15, 0.2) is 61.4 Å². The van der Waals surface area contributed by atoms with Gasteiger partial charge >= 0.3 is 0 Å². The second-order valence-electron chi connectivity index (χ2n) is 7.36. The summed E-state index contributed by atoms with van der Waals surface area (Å²) < 4.78 is 0. The van der Waals surface area contributed by atoms with Gasteiger partial charge < -0.3 is 5.73 Å². The lowest BCUT2D eigenvalue weighted by atomic mass is 9.61. The molecule has 1 aliphatic carbocycles. The second-order valence-corrected chi connectivity index (χ2v) is 7.36. The van der Waals surface area contributed by atoms with E-state index in [1.807, 2.05) is 12.1 Å². The van der Waals surface area contributed by atoms with Gasteiger partial charge in [0.15, 0.2) is 0 Å². The van der Waals surface area contributed by atoms with Gasteiger partial charge in [-0.05, 0) is 67.6 Å². The van der Waals surface area contributed by atoms with Crippen LogP contribution in [0.5, 0.6) is 0 Å². The number of allylic oxidation sites excluding steroid dienone is 4. The molecule has 128 valence electrons. The fourth-order valence-corrected chi connectivity index (χ4v) is 3.74. The van der Waals surface area contributed by atoms with E-state index in [1.54, 1.807) is 6.20 Å². The Morgan fingerprint density at radius 3 is 2.75 bits per heavy atom. The molecule has 0 spiro atoms. The predicted molar refractivity (Wildman–Crippen MR) is 105 cm³/mol. The highest BCUT2D eigenvalue weighted by molar-refractivity contribution is 5.50. The van der Waals surface area contributed by atoms with Crippen molar-refractivity contribution in [1.82, 2.24) is 4.98 Å². The van der Waals surface area contributed by atoms with Gasteiger partial charge in [0.1, 0.15) is 5.82 Å². The van der Waals surface area contributed by atoms with Gasteiger partial charge in [0.2, 0.25) is 0 Å². The number of rotatable bonds is 6. The third-order valence-electron chi connectivity index (χ3n) is 5.49. The lowest BCUT2D eigenvalue weighted by Crippen LogP contribution is -2.33. The Morgan fingerprint density at radius 2 is 2.17 bits per heavy atom. The van der Waals surface area contributed by atoms with Crippen LogP contribution in [0.2, 0.25) is 0 Å². The van der Waals surface area contributed by atoms with Gasteiger partial charge in [-0.15, -0.1) is 6.58 Å². The zero-order chi connectivity index (χ0) is 17.7. The highest BCUT2D eigenvalue weighted by atomic mass is 14.8. The Kier molecular flexibility index (Phi) is 5.82. The summed E-state index contributed by atoms with van der Waals surface area (Å²) >= 11 is 0. The molecular formula is C22H30N2. The monoisotopic (exact) mass is 322 g/mol. The van der Waals surface area contributed by atoms with Crippen LogP contribution in [0.25, 0.3) is 6.08 Å². The molecule has 2 heteroatoms. The number of nitrogens with two attached hydrogens (primary N) is 1. The minimum Gasteiger partial charge on any atom is -0.384 e. The summed E-state index contributed by atoms with van der Waals surface area (Å²) in [4.78, 5) is 4.11. The van der Waals surface area contributed by atoms with E-state index in [-0.39, 0.29) is 5.41 Å². The van der Waals surface area contributed by atoms with Crippen molar-refractivity contribution in [1.29, 1.82) is 0 Å². The molecule has 0 amide bonds. The first-order valence-electron chi connectivity index (χ1n) is 8.70. The third-order valence-corrected chi connectivity index (χ3v) is 5.49. The van der Waals surface area contributed by atoms with Crippen LogP contribution in [0, 0.1) is 17.3 Å². The maximum absolute atomic E-state index is 5.61. The van der Waals surface area contributed by atoms with Crippen molar-refractivity contribution in [3.8, 4) is 0 Å². The van der Waals surface area contributed by atoms with E-state index in [2.05, 4.69) is 56.8 Å². The zero-order valence-electron chi connectivity index (χ0n) is 15.1. The fraction of sp³-hybridized carbons (Fsp3) is 0.409. The molecule has 0 aliphatic heterocycles. The normalized spacial score (nSPS) is 27.1. The van der Waals surface area contributed by atoms with Crippen LogP contribution in [0.1, 0.15) is 45.1 Å². The molecule has 24 heavy (non-hydrogen) atoms. The molecule has 1 heterocycles. The number of aromatic nitrogens is 1. The average Bonchev–Trinajstić information content (AvgIpc) is 2.56. The third kappa shape index (κ3) is 4.25. The molecule has 0 saturated heterocycles. The van der Waals surface area contributed by atoms with Crippen molar-refractivity contribution in [2.45, 2.75) is 39.5 Å². The summed E-state index contributed by atoms with van der Waals surface area (Å²) in [5.74, 6) is 1.61. The van der Waals surface area contributed by atoms with Crippen molar-refractivity contribution in [3.05, 3.63) is 66.9 Å². The fourth-order valence-electron chi connectivity index (χ4n) is 3.74.